The molecule has 2 heterocycles. The van der Waals surface area contributed by atoms with Crippen molar-refractivity contribution in [3.63, 3.8) is 0 Å². The molecule has 0 fully saturated rings. The Labute approximate surface area is 129 Å². The van der Waals surface area contributed by atoms with Gasteiger partial charge in [0.05, 0.1) is 6.54 Å². The first kappa shape index (κ1) is 16.2. The maximum absolute atomic E-state index is 12.3. The van der Waals surface area contributed by atoms with Crippen molar-refractivity contribution in [2.24, 2.45) is 0 Å². The second-order valence-electron chi connectivity index (χ2n) is 4.77. The highest BCUT2D eigenvalue weighted by Gasteiger charge is 2.21. The molecule has 7 heteroatoms. The van der Waals surface area contributed by atoms with Gasteiger partial charge in [-0.1, -0.05) is 6.92 Å². The summed E-state index contributed by atoms with van der Waals surface area (Å²) in [5.74, 6) is 1.05. The number of hydrogen-bond donors (Lipinski definition) is 2. The van der Waals surface area contributed by atoms with E-state index in [9.17, 15) is 8.42 Å². The van der Waals surface area contributed by atoms with Crippen LogP contribution in [0.2, 0.25) is 0 Å². The molecule has 0 aromatic carbocycles. The molecule has 2 aromatic rings. The van der Waals surface area contributed by atoms with Gasteiger partial charge in [-0.05, 0) is 42.3 Å². The number of nitrogens with one attached hydrogen (secondary N) is 2. The summed E-state index contributed by atoms with van der Waals surface area (Å²) in [6.07, 6.45) is 1.02. The molecule has 0 radical (unpaired) electrons. The molecule has 2 rings (SSSR count). The van der Waals surface area contributed by atoms with Crippen molar-refractivity contribution in [2.45, 2.75) is 38.3 Å². The molecule has 0 aliphatic heterocycles. The van der Waals surface area contributed by atoms with Gasteiger partial charge in [0, 0.05) is 12.6 Å². The van der Waals surface area contributed by atoms with Gasteiger partial charge < -0.3 is 9.73 Å². The third kappa shape index (κ3) is 4.41. The normalized spacial score (nSPS) is 11.9. The molecule has 116 valence electrons. The predicted octanol–water partition coefficient (Wildman–Crippen LogP) is 2.63. The molecule has 0 unspecified atom stereocenters. The SMILES string of the molecule is CCCNCc1cc(S(=O)(=O)NCc2ccsc2)c(C)o1. The molecule has 0 aliphatic carbocycles. The maximum atomic E-state index is 12.3. The highest BCUT2D eigenvalue weighted by atomic mass is 32.2. The van der Waals surface area contributed by atoms with Crippen molar-refractivity contribution < 1.29 is 12.8 Å². The van der Waals surface area contributed by atoms with Crippen molar-refractivity contribution in [1.29, 1.82) is 0 Å². The topological polar surface area (TPSA) is 71.3 Å². The van der Waals surface area contributed by atoms with E-state index in [0.717, 1.165) is 18.5 Å². The number of thiophene rings is 1. The van der Waals surface area contributed by atoms with Crippen LogP contribution in [0.5, 0.6) is 0 Å². The fourth-order valence-electron chi connectivity index (χ4n) is 1.92. The van der Waals surface area contributed by atoms with Gasteiger partial charge in [0.1, 0.15) is 16.4 Å². The number of aryl methyl sites for hydroxylation is 1. The largest absolute Gasteiger partial charge is 0.464 e. The van der Waals surface area contributed by atoms with E-state index in [1.165, 1.54) is 0 Å². The Bertz CT molecular complexity index is 660. The van der Waals surface area contributed by atoms with Crippen molar-refractivity contribution >= 4 is 21.4 Å². The molecule has 0 saturated heterocycles. The Balaban J connectivity index is 2.05. The van der Waals surface area contributed by atoms with E-state index in [1.54, 1.807) is 24.3 Å². The molecule has 0 amide bonds. The van der Waals surface area contributed by atoms with E-state index in [-0.39, 0.29) is 4.90 Å². The molecule has 0 aliphatic rings. The van der Waals surface area contributed by atoms with Crippen LogP contribution in [0.3, 0.4) is 0 Å². The van der Waals surface area contributed by atoms with Gasteiger partial charge in [0.25, 0.3) is 0 Å². The fourth-order valence-corrected chi connectivity index (χ4v) is 3.80. The summed E-state index contributed by atoms with van der Waals surface area (Å²) in [5.41, 5.74) is 0.953. The molecule has 2 N–H and O–H groups in total. The molecule has 0 spiro atoms. The highest BCUT2D eigenvalue weighted by Crippen LogP contribution is 2.20. The van der Waals surface area contributed by atoms with Gasteiger partial charge >= 0.3 is 0 Å². The second-order valence-corrected chi connectivity index (χ2v) is 7.28. The van der Waals surface area contributed by atoms with Crippen LogP contribution in [0.15, 0.2) is 32.2 Å². The molecule has 2 aromatic heterocycles. The zero-order valence-corrected chi connectivity index (χ0v) is 13.8. The van der Waals surface area contributed by atoms with E-state index in [4.69, 9.17) is 4.42 Å². The average molecular weight is 328 g/mol. The minimum Gasteiger partial charge on any atom is -0.464 e. The summed E-state index contributed by atoms with van der Waals surface area (Å²) in [7, 11) is -3.54. The van der Waals surface area contributed by atoms with Gasteiger partial charge in [-0.3, -0.25) is 0 Å². The standard InChI is InChI=1S/C14H20N2O3S2/c1-3-5-15-9-13-7-14(11(2)19-13)21(17,18)16-8-12-4-6-20-10-12/h4,6-7,10,15-16H,3,5,8-9H2,1-2H3. The molecule has 0 bridgehead atoms. The van der Waals surface area contributed by atoms with Crippen LogP contribution in [-0.2, 0) is 23.1 Å². The Kier molecular flexibility index (Phi) is 5.58. The number of rotatable bonds is 8. The Morgan fingerprint density at radius 1 is 1.33 bits per heavy atom. The Morgan fingerprint density at radius 3 is 2.81 bits per heavy atom. The van der Waals surface area contributed by atoms with Gasteiger partial charge in [-0.25, -0.2) is 13.1 Å². The fraction of sp³-hybridized carbons (Fsp3) is 0.429. The van der Waals surface area contributed by atoms with Crippen LogP contribution in [-0.4, -0.2) is 15.0 Å². The summed E-state index contributed by atoms with van der Waals surface area (Å²) >= 11 is 1.54. The van der Waals surface area contributed by atoms with Crippen LogP contribution in [0.4, 0.5) is 0 Å². The molecular weight excluding hydrogens is 308 g/mol. The lowest BCUT2D eigenvalue weighted by atomic mass is 10.4. The first-order valence-electron chi connectivity index (χ1n) is 6.83. The van der Waals surface area contributed by atoms with Crippen LogP contribution >= 0.6 is 11.3 Å². The van der Waals surface area contributed by atoms with Crippen LogP contribution in [0, 0.1) is 6.92 Å². The van der Waals surface area contributed by atoms with Crippen molar-refractivity contribution in [3.8, 4) is 0 Å². The lowest BCUT2D eigenvalue weighted by molar-refractivity contribution is 0.457. The number of sulfonamides is 1. The molecular formula is C14H20N2O3S2. The van der Waals surface area contributed by atoms with Crippen molar-refractivity contribution in [1.82, 2.24) is 10.0 Å². The highest BCUT2D eigenvalue weighted by molar-refractivity contribution is 7.89. The lowest BCUT2D eigenvalue weighted by Gasteiger charge is -2.03. The summed E-state index contributed by atoms with van der Waals surface area (Å²) < 4.78 is 32.7. The summed E-state index contributed by atoms with van der Waals surface area (Å²) in [6.45, 7) is 5.44. The van der Waals surface area contributed by atoms with Gasteiger partial charge in [0.2, 0.25) is 10.0 Å². The summed E-state index contributed by atoms with van der Waals surface area (Å²) in [6, 6.07) is 3.49. The van der Waals surface area contributed by atoms with E-state index in [1.807, 2.05) is 16.8 Å². The van der Waals surface area contributed by atoms with Gasteiger partial charge in [0.15, 0.2) is 0 Å². The molecule has 5 nitrogen and oxygen atoms in total. The smallest absolute Gasteiger partial charge is 0.244 e. The van der Waals surface area contributed by atoms with E-state index in [0.29, 0.717) is 24.6 Å². The summed E-state index contributed by atoms with van der Waals surface area (Å²) in [4.78, 5) is 0.214. The first-order valence-corrected chi connectivity index (χ1v) is 9.26. The Hall–Kier alpha value is -1.15. The van der Waals surface area contributed by atoms with Crippen molar-refractivity contribution in [2.75, 3.05) is 6.54 Å². The van der Waals surface area contributed by atoms with Crippen molar-refractivity contribution in [3.05, 3.63) is 40.0 Å². The third-order valence-corrected chi connectivity index (χ3v) is 5.23. The predicted molar refractivity (Wildman–Crippen MR) is 83.8 cm³/mol. The Morgan fingerprint density at radius 2 is 2.14 bits per heavy atom. The number of furan rings is 1. The maximum Gasteiger partial charge on any atom is 0.244 e. The molecule has 0 saturated carbocycles. The first-order chi connectivity index (χ1) is 10.0. The lowest BCUT2D eigenvalue weighted by Crippen LogP contribution is -2.23. The van der Waals surface area contributed by atoms with Gasteiger partial charge in [-0.15, -0.1) is 0 Å². The quantitative estimate of drug-likeness (QED) is 0.731. The van der Waals surface area contributed by atoms with Crippen LogP contribution in [0.1, 0.15) is 30.4 Å². The van der Waals surface area contributed by atoms with Gasteiger partial charge in [-0.2, -0.15) is 11.3 Å². The zero-order chi connectivity index (χ0) is 15.3. The number of hydrogen-bond acceptors (Lipinski definition) is 5. The molecule has 0 atom stereocenters. The minimum absolute atomic E-state index is 0.214. The van der Waals surface area contributed by atoms with E-state index < -0.39 is 10.0 Å². The second kappa shape index (κ2) is 7.22. The van der Waals surface area contributed by atoms with E-state index in [2.05, 4.69) is 17.0 Å². The summed E-state index contributed by atoms with van der Waals surface area (Å²) in [5, 5.41) is 7.03. The zero-order valence-electron chi connectivity index (χ0n) is 12.2. The van der Waals surface area contributed by atoms with Crippen LogP contribution < -0.4 is 10.0 Å². The monoisotopic (exact) mass is 328 g/mol. The average Bonchev–Trinajstić information content (AvgIpc) is 3.07. The third-order valence-electron chi connectivity index (χ3n) is 2.99. The minimum atomic E-state index is -3.54. The van der Waals surface area contributed by atoms with Crippen LogP contribution in [0.25, 0.3) is 0 Å². The molecule has 21 heavy (non-hydrogen) atoms. The van der Waals surface area contributed by atoms with E-state index >= 15 is 0 Å².